The van der Waals surface area contributed by atoms with E-state index in [0.29, 0.717) is 112 Å². The second kappa shape index (κ2) is 41.3. The minimum atomic E-state index is -2.69. The second-order valence-corrected chi connectivity index (χ2v) is 38.2. The summed E-state index contributed by atoms with van der Waals surface area (Å²) in [5, 5.41) is 45.4. The van der Waals surface area contributed by atoms with Crippen LogP contribution in [-0.2, 0) is 104 Å². The Labute approximate surface area is 813 Å². The molecule has 18 heterocycles. The molecule has 23 rings (SSSR count). The molecule has 8 aliphatic heterocycles. The molecular formula is C107H113F2N21O9S. The summed E-state index contributed by atoms with van der Waals surface area (Å²) < 4.78 is 67.4. The molecule has 33 heteroatoms. The third-order valence-corrected chi connectivity index (χ3v) is 29.3. The molecule has 15 aromatic rings. The van der Waals surface area contributed by atoms with Crippen molar-refractivity contribution in [2.45, 2.75) is 181 Å². The van der Waals surface area contributed by atoms with Gasteiger partial charge in [0.15, 0.2) is 0 Å². The third kappa shape index (κ3) is 19.2. The van der Waals surface area contributed by atoms with Crippen LogP contribution in [0.1, 0.15) is 184 Å². The van der Waals surface area contributed by atoms with E-state index in [1.807, 2.05) is 144 Å². The first-order valence-electron chi connectivity index (χ1n) is 48.8. The molecular weight excluding hydrogens is 1790 g/mol. The monoisotopic (exact) mass is 1910 g/mol. The molecule has 0 saturated carbocycles. The van der Waals surface area contributed by atoms with Gasteiger partial charge in [0.1, 0.15) is 29.0 Å². The van der Waals surface area contributed by atoms with Crippen molar-refractivity contribution < 1.29 is 51.6 Å². The Balaban J connectivity index is 0.000000115. The number of para-hydroxylation sites is 1. The van der Waals surface area contributed by atoms with Gasteiger partial charge in [0.25, 0.3) is 6.43 Å². The van der Waals surface area contributed by atoms with Gasteiger partial charge in [0.2, 0.25) is 23.6 Å². The first-order valence-corrected chi connectivity index (χ1v) is 49.6. The van der Waals surface area contributed by atoms with Crippen molar-refractivity contribution in [1.82, 2.24) is 98.2 Å². The zero-order valence-electron chi connectivity index (χ0n) is 79.9. The number of rotatable bonds is 16. The number of carbonyl (C=O) groups excluding carboxylic acids is 4. The molecule has 4 fully saturated rings. The predicted molar refractivity (Wildman–Crippen MR) is 528 cm³/mol. The second-order valence-electron chi connectivity index (χ2n) is 37.0. The van der Waals surface area contributed by atoms with E-state index >= 15 is 0 Å². The molecule has 4 amide bonds. The Hall–Kier alpha value is -13.9. The summed E-state index contributed by atoms with van der Waals surface area (Å²) in [4.78, 5) is 76.8. The van der Waals surface area contributed by atoms with Crippen LogP contribution >= 0.6 is 11.3 Å². The van der Waals surface area contributed by atoms with Gasteiger partial charge in [-0.2, -0.15) is 35.9 Å². The van der Waals surface area contributed by atoms with Gasteiger partial charge in [0.05, 0.1) is 85.7 Å². The van der Waals surface area contributed by atoms with Crippen LogP contribution in [0.25, 0.3) is 110 Å². The molecule has 5 aromatic carbocycles. The van der Waals surface area contributed by atoms with Crippen LogP contribution in [0.4, 0.5) is 8.78 Å². The summed E-state index contributed by atoms with van der Waals surface area (Å²) in [6.07, 6.45) is 19.9. The summed E-state index contributed by atoms with van der Waals surface area (Å²) in [6, 6.07) is 45.8. The minimum absolute atomic E-state index is 0.0472. The van der Waals surface area contributed by atoms with Crippen molar-refractivity contribution in [3.8, 4) is 95.7 Å². The van der Waals surface area contributed by atoms with Gasteiger partial charge in [-0.3, -0.25) is 62.2 Å². The third-order valence-electron chi connectivity index (χ3n) is 28.4. The van der Waals surface area contributed by atoms with Gasteiger partial charge in [0, 0.05) is 292 Å². The highest BCUT2D eigenvalue weighted by Crippen LogP contribution is 2.45. The van der Waals surface area contributed by atoms with Crippen molar-refractivity contribution >= 4 is 67.3 Å². The van der Waals surface area contributed by atoms with E-state index in [-0.39, 0.29) is 35.4 Å². The topological polar surface area (TPSA) is 310 Å². The van der Waals surface area contributed by atoms with Crippen LogP contribution in [0.15, 0.2) is 165 Å². The lowest BCUT2D eigenvalue weighted by Crippen LogP contribution is -2.36. The number of thiazole rings is 1. The maximum atomic E-state index is 13.6. The van der Waals surface area contributed by atoms with E-state index < -0.39 is 6.43 Å². The normalized spacial score (nSPS) is 16.5. The van der Waals surface area contributed by atoms with Crippen LogP contribution < -0.4 is 4.74 Å². The zero-order valence-corrected chi connectivity index (χ0v) is 80.7. The summed E-state index contributed by atoms with van der Waals surface area (Å²) in [5.41, 5.74) is 20.5. The maximum absolute atomic E-state index is 13.6. The maximum Gasteiger partial charge on any atom is 0.282 e. The molecule has 10 aromatic heterocycles. The number of aromatic nitrogens is 16. The van der Waals surface area contributed by atoms with E-state index in [2.05, 4.69) is 87.4 Å². The van der Waals surface area contributed by atoms with Crippen molar-refractivity contribution in [1.29, 1.82) is 5.26 Å². The first-order chi connectivity index (χ1) is 68.3. The van der Waals surface area contributed by atoms with Crippen molar-refractivity contribution in [3.05, 3.63) is 226 Å². The first kappa shape index (κ1) is 93.7. The minimum Gasteiger partial charge on any atom is -0.457 e. The Morgan fingerprint density at radius 1 is 0.450 bits per heavy atom. The zero-order chi connectivity index (χ0) is 96.3. The number of ether oxygens (including phenoxy) is 5. The standard InChI is InChI=1S/C27H28F2N6O2.C27H27N7O2.C27H29N5O2S.C26H29N3O3/c1-16(36)34-9-6-24-22(15-34)25(32-35(24)18-7-10-37-11-8-18)19-5-3-4-17-12-23(30-13-20(17)19)21-14-33(2)31-26(21)27(28)29;1-17(35)33-9-6-25-23(16-33)27(31-34(25)19-7-10-36-11-8-19)20-5-3-4-18-12-24(29-14-21(18)20)22-15-30-32(2)26(22)13-28;1-3-26(33)31-10-7-24-22(16-31)27(30-32(24)19-8-11-34-12-9-19)20-6-4-5-18-13-23(29-14-21(18)20)25-15-28-17(2)35-25;1-2-25(30)28-14-11-24-23(18-28)26(27-29(24)20-12-15-31-16-13-20)19-7-6-10-22(17-19)32-21-8-4-3-5-9-21/h3-5,12-14,18,27H,6-11,15H2,1-2H3;3-5,12,14-15,19H,6-11,16H2,1-2H3;4-6,13-15,19H,3,7-12,16H2,1-2H3;3-10,17,20H,2,11-16,18H2,1H3. The Morgan fingerprint density at radius 2 is 0.843 bits per heavy atom. The van der Waals surface area contributed by atoms with Crippen LogP contribution in [0.3, 0.4) is 0 Å². The lowest BCUT2D eigenvalue weighted by atomic mass is 9.96. The van der Waals surface area contributed by atoms with Crippen LogP contribution in [0.5, 0.6) is 11.5 Å². The fraction of sp³-hybridized carbons (Fsp3) is 0.393. The van der Waals surface area contributed by atoms with Gasteiger partial charge in [-0.25, -0.2) is 13.8 Å². The predicted octanol–water partition coefficient (Wildman–Crippen LogP) is 18.5. The number of alkyl halides is 2. The summed E-state index contributed by atoms with van der Waals surface area (Å²) in [5.74, 6) is 2.11. The number of carbonyl (C=O) groups is 4. The van der Waals surface area contributed by atoms with E-state index in [0.717, 1.165) is 245 Å². The summed E-state index contributed by atoms with van der Waals surface area (Å²) >= 11 is 1.66. The molecule has 0 N–H and O–H groups in total. The van der Waals surface area contributed by atoms with Crippen molar-refractivity contribution in [2.75, 3.05) is 79.0 Å². The van der Waals surface area contributed by atoms with E-state index in [9.17, 15) is 33.2 Å². The summed E-state index contributed by atoms with van der Waals surface area (Å²) in [7, 11) is 3.38. The average Bonchev–Trinajstić information content (AvgIpc) is 1.57. The van der Waals surface area contributed by atoms with E-state index in [1.165, 1.54) is 38.6 Å². The highest BCUT2D eigenvalue weighted by molar-refractivity contribution is 7.15. The molecule has 4 saturated heterocycles. The number of nitrogens with zero attached hydrogens (tertiary/aromatic N) is 21. The Bertz CT molecular complexity index is 7180. The van der Waals surface area contributed by atoms with E-state index in [4.69, 9.17) is 54.0 Å². The number of halogens is 2. The van der Waals surface area contributed by atoms with Crippen LogP contribution in [-0.4, -0.2) is 201 Å². The van der Waals surface area contributed by atoms with Gasteiger partial charge in [-0.15, -0.1) is 11.3 Å². The van der Waals surface area contributed by atoms with Crippen LogP contribution in [0, 0.1) is 18.3 Å². The molecule has 720 valence electrons. The number of pyridine rings is 3. The molecule has 0 unspecified atom stereocenters. The molecule has 8 aliphatic rings. The number of aryl methyl sites for hydroxylation is 3. The van der Waals surface area contributed by atoms with Gasteiger partial charge < -0.3 is 43.3 Å². The van der Waals surface area contributed by atoms with Crippen molar-refractivity contribution in [2.24, 2.45) is 14.1 Å². The highest BCUT2D eigenvalue weighted by atomic mass is 32.1. The van der Waals surface area contributed by atoms with Gasteiger partial charge >= 0.3 is 0 Å². The lowest BCUT2D eigenvalue weighted by molar-refractivity contribution is -0.132. The fourth-order valence-electron chi connectivity index (χ4n) is 21.0. The number of fused-ring (bicyclic) bond motifs is 7. The lowest BCUT2D eigenvalue weighted by Gasteiger charge is -2.30. The number of hydrogen-bond donors (Lipinski definition) is 0. The van der Waals surface area contributed by atoms with Crippen LogP contribution in [0.2, 0.25) is 0 Å². The van der Waals surface area contributed by atoms with Crippen molar-refractivity contribution in [3.63, 3.8) is 0 Å². The quantitative estimate of drug-likeness (QED) is 0.0867. The SMILES string of the molecule is CC(=O)N1CCc2c(c(-c3cccc4cc(-c5cn(C)nc5C(F)F)ncc34)nn2C2CCOCC2)C1.CC(=O)N1CCc2c(c(-c3cccc4cc(-c5cnn(C)c5C#N)ncc34)nn2C2CCOCC2)C1.CCC(=O)N1CCc2c(c(-c3cccc(Oc4ccccc4)c3)nn2C2CCOCC2)C1.CCC(=O)N1CCc2c(c(-c3cccc4cc(-c5cnc(C)s5)ncc34)nn2C2CCOCC2)C1. The summed E-state index contributed by atoms with van der Waals surface area (Å²) in [6.45, 7) is 20.3. The van der Waals surface area contributed by atoms with Gasteiger partial charge in [-0.05, 0) is 117 Å². The highest BCUT2D eigenvalue weighted by Gasteiger charge is 2.38. The number of hydrogen-bond acceptors (Lipinski definition) is 21. The molecule has 0 bridgehead atoms. The molecule has 0 atom stereocenters. The Kier molecular flexibility index (Phi) is 27.6. The number of benzene rings is 5. The fourth-order valence-corrected chi connectivity index (χ4v) is 21.7. The largest absolute Gasteiger partial charge is 0.457 e. The molecule has 30 nitrogen and oxygen atoms in total. The molecule has 0 aliphatic carbocycles. The van der Waals surface area contributed by atoms with Gasteiger partial charge in [-0.1, -0.05) is 98.8 Å². The molecule has 0 spiro atoms. The smallest absolute Gasteiger partial charge is 0.282 e. The number of amides is 4. The Morgan fingerprint density at radius 3 is 1.26 bits per heavy atom. The number of nitriles is 1. The van der Waals surface area contributed by atoms with E-state index in [1.54, 1.807) is 62.6 Å². The molecule has 140 heavy (non-hydrogen) atoms. The molecule has 0 radical (unpaired) electrons. The average molecular weight is 1910 g/mol.